The van der Waals surface area contributed by atoms with Gasteiger partial charge >= 0.3 is 5.95 Å². The molecule has 1 unspecified atom stereocenters. The van der Waals surface area contributed by atoms with E-state index in [9.17, 15) is 14.9 Å². The van der Waals surface area contributed by atoms with E-state index in [2.05, 4.69) is 11.9 Å². The Bertz CT molecular complexity index is 508. The zero-order valence-electron chi connectivity index (χ0n) is 12.1. The lowest BCUT2D eigenvalue weighted by Crippen LogP contribution is -2.47. The van der Waals surface area contributed by atoms with Gasteiger partial charge < -0.3 is 20.7 Å². The molecule has 0 saturated carbocycles. The van der Waals surface area contributed by atoms with Crippen molar-refractivity contribution in [1.29, 1.82) is 0 Å². The number of amides is 1. The molecule has 0 spiro atoms. The number of nitro groups is 1. The molecule has 1 aliphatic rings. The lowest BCUT2D eigenvalue weighted by atomic mass is 9.98. The van der Waals surface area contributed by atoms with Gasteiger partial charge in [0.1, 0.15) is 12.4 Å². The molecule has 0 bridgehead atoms. The van der Waals surface area contributed by atoms with Crippen LogP contribution in [0.25, 0.3) is 0 Å². The highest BCUT2D eigenvalue weighted by molar-refractivity contribution is 5.81. The zero-order valence-corrected chi connectivity index (χ0v) is 12.1. The molecule has 1 aromatic heterocycles. The van der Waals surface area contributed by atoms with Crippen molar-refractivity contribution in [2.45, 2.75) is 38.8 Å². The maximum Gasteiger partial charge on any atom is 0.434 e. The van der Waals surface area contributed by atoms with Crippen molar-refractivity contribution < 1.29 is 9.72 Å². The number of nitrogens with two attached hydrogens (primary N) is 1. The number of imidazole rings is 1. The summed E-state index contributed by atoms with van der Waals surface area (Å²) in [4.78, 5) is 27.9. The number of rotatable bonds is 5. The van der Waals surface area contributed by atoms with Gasteiger partial charge in [-0.05, 0) is 23.7 Å². The van der Waals surface area contributed by atoms with Crippen LogP contribution in [0.1, 0.15) is 26.2 Å². The first-order valence-corrected chi connectivity index (χ1v) is 7.19. The largest absolute Gasteiger partial charge is 0.434 e. The van der Waals surface area contributed by atoms with Crippen LogP contribution in [0.2, 0.25) is 0 Å². The second kappa shape index (κ2) is 6.66. The Morgan fingerprint density at radius 1 is 1.57 bits per heavy atom. The van der Waals surface area contributed by atoms with Crippen LogP contribution in [0.3, 0.4) is 0 Å². The molecular weight excluding hydrogens is 274 g/mol. The maximum atomic E-state index is 12.2. The van der Waals surface area contributed by atoms with Crippen LogP contribution in [0.5, 0.6) is 0 Å². The lowest BCUT2D eigenvalue weighted by Gasteiger charge is -2.32. The predicted octanol–water partition coefficient (Wildman–Crippen LogP) is 0.767. The molecule has 2 N–H and O–H groups in total. The number of piperidine rings is 1. The Morgan fingerprint density at radius 3 is 2.86 bits per heavy atom. The molecule has 1 aliphatic heterocycles. The number of carbonyl (C=O) groups excluding carboxylic acids is 1. The van der Waals surface area contributed by atoms with E-state index in [4.69, 9.17) is 5.73 Å². The summed E-state index contributed by atoms with van der Waals surface area (Å²) in [6.07, 6.45) is 5.27. The summed E-state index contributed by atoms with van der Waals surface area (Å²) in [5.41, 5.74) is 5.93. The fourth-order valence-corrected chi connectivity index (χ4v) is 2.51. The van der Waals surface area contributed by atoms with Crippen LogP contribution in [-0.4, -0.2) is 44.4 Å². The molecule has 2 heterocycles. The number of hydrogen-bond acceptors (Lipinski definition) is 5. The van der Waals surface area contributed by atoms with Gasteiger partial charge in [-0.3, -0.25) is 4.79 Å². The summed E-state index contributed by atoms with van der Waals surface area (Å²) < 4.78 is 1.41. The average molecular weight is 295 g/mol. The van der Waals surface area contributed by atoms with E-state index in [0.717, 1.165) is 25.9 Å². The van der Waals surface area contributed by atoms with Crippen molar-refractivity contribution in [1.82, 2.24) is 14.5 Å². The van der Waals surface area contributed by atoms with Gasteiger partial charge in [-0.25, -0.2) is 4.57 Å². The molecule has 1 fully saturated rings. The van der Waals surface area contributed by atoms with Crippen molar-refractivity contribution in [2.75, 3.05) is 13.1 Å². The average Bonchev–Trinajstić information content (AvgIpc) is 2.93. The van der Waals surface area contributed by atoms with Crippen LogP contribution >= 0.6 is 0 Å². The van der Waals surface area contributed by atoms with E-state index < -0.39 is 11.0 Å². The van der Waals surface area contributed by atoms with E-state index in [1.54, 1.807) is 4.90 Å². The normalized spacial score (nSPS) is 17.7. The van der Waals surface area contributed by atoms with Gasteiger partial charge in [0.15, 0.2) is 0 Å². The van der Waals surface area contributed by atoms with Gasteiger partial charge in [-0.2, -0.15) is 0 Å². The number of hydrogen-bond donors (Lipinski definition) is 1. The molecule has 1 saturated heterocycles. The fourth-order valence-electron chi connectivity index (χ4n) is 2.51. The molecule has 8 nitrogen and oxygen atoms in total. The Balaban J connectivity index is 1.86. The highest BCUT2D eigenvalue weighted by Crippen LogP contribution is 2.17. The van der Waals surface area contributed by atoms with Crippen LogP contribution in [0.15, 0.2) is 12.4 Å². The molecular formula is C13H21N5O3. The third kappa shape index (κ3) is 3.78. The summed E-state index contributed by atoms with van der Waals surface area (Å²) in [6, 6.07) is -0.625. The van der Waals surface area contributed by atoms with E-state index in [-0.39, 0.29) is 11.9 Å². The molecule has 8 heteroatoms. The number of nitrogens with zero attached hydrogens (tertiary/aromatic N) is 4. The highest BCUT2D eigenvalue weighted by Gasteiger charge is 2.25. The van der Waals surface area contributed by atoms with Gasteiger partial charge in [0.25, 0.3) is 0 Å². The third-order valence-electron chi connectivity index (χ3n) is 3.95. The maximum absolute atomic E-state index is 12.2. The van der Waals surface area contributed by atoms with E-state index in [0.29, 0.717) is 18.9 Å². The van der Waals surface area contributed by atoms with Gasteiger partial charge in [0.05, 0.1) is 12.6 Å². The topological polar surface area (TPSA) is 107 Å². The molecule has 21 heavy (non-hydrogen) atoms. The van der Waals surface area contributed by atoms with E-state index >= 15 is 0 Å². The first kappa shape index (κ1) is 15.4. The second-order valence-electron chi connectivity index (χ2n) is 5.58. The van der Waals surface area contributed by atoms with Gasteiger partial charge in [-0.1, -0.05) is 11.9 Å². The van der Waals surface area contributed by atoms with Crippen LogP contribution in [0.4, 0.5) is 5.95 Å². The van der Waals surface area contributed by atoms with Crippen molar-refractivity contribution in [3.8, 4) is 0 Å². The molecule has 116 valence electrons. The molecule has 1 atom stereocenters. The standard InChI is InChI=1S/C13H21N5O3/c1-10-2-6-16(7-3-10)12(19)11(14)4-8-17-9-5-15-13(17)18(20)21/h5,9-11H,2-4,6-8,14H2,1H3. The van der Waals surface area contributed by atoms with Gasteiger partial charge in [0.2, 0.25) is 5.91 Å². The summed E-state index contributed by atoms with van der Waals surface area (Å²) in [5, 5.41) is 10.8. The fraction of sp³-hybridized carbons (Fsp3) is 0.692. The Labute approximate surface area is 123 Å². The van der Waals surface area contributed by atoms with Crippen molar-refractivity contribution in [3.05, 3.63) is 22.5 Å². The number of aryl methyl sites for hydroxylation is 1. The SMILES string of the molecule is CC1CCN(C(=O)C(N)CCn2ccnc2[N+](=O)[O-])CC1. The van der Waals surface area contributed by atoms with Crippen LogP contribution < -0.4 is 5.73 Å². The van der Waals surface area contributed by atoms with Crippen molar-refractivity contribution in [2.24, 2.45) is 11.7 Å². The number of aromatic nitrogens is 2. The number of likely N-dealkylation sites (tertiary alicyclic amines) is 1. The van der Waals surface area contributed by atoms with Gasteiger partial charge in [0, 0.05) is 19.5 Å². The first-order chi connectivity index (χ1) is 9.99. The number of carbonyl (C=O) groups is 1. The first-order valence-electron chi connectivity index (χ1n) is 7.19. The van der Waals surface area contributed by atoms with Crippen LogP contribution in [-0.2, 0) is 11.3 Å². The molecule has 2 rings (SSSR count). The molecule has 1 amide bonds. The minimum Gasteiger partial charge on any atom is -0.390 e. The molecule has 0 aromatic carbocycles. The third-order valence-corrected chi connectivity index (χ3v) is 3.95. The Morgan fingerprint density at radius 2 is 2.24 bits per heavy atom. The lowest BCUT2D eigenvalue weighted by molar-refractivity contribution is -0.396. The Hall–Kier alpha value is -1.96. The highest BCUT2D eigenvalue weighted by atomic mass is 16.6. The smallest absolute Gasteiger partial charge is 0.390 e. The van der Waals surface area contributed by atoms with E-state index in [1.165, 1.54) is 17.0 Å². The summed E-state index contributed by atoms with van der Waals surface area (Å²) in [7, 11) is 0. The zero-order chi connectivity index (χ0) is 15.4. The minimum atomic E-state index is -0.625. The minimum absolute atomic E-state index is 0.0651. The van der Waals surface area contributed by atoms with Crippen molar-refractivity contribution >= 4 is 11.9 Å². The van der Waals surface area contributed by atoms with Gasteiger partial charge in [-0.15, -0.1) is 0 Å². The quantitative estimate of drug-likeness (QED) is 0.637. The molecule has 0 aliphatic carbocycles. The second-order valence-corrected chi connectivity index (χ2v) is 5.58. The summed E-state index contributed by atoms with van der Waals surface area (Å²) in [6.45, 7) is 3.99. The van der Waals surface area contributed by atoms with Crippen molar-refractivity contribution in [3.63, 3.8) is 0 Å². The Kier molecular flexibility index (Phi) is 4.89. The van der Waals surface area contributed by atoms with Crippen LogP contribution in [0, 0.1) is 16.0 Å². The predicted molar refractivity (Wildman–Crippen MR) is 76.5 cm³/mol. The molecule has 1 aromatic rings. The molecule has 0 radical (unpaired) electrons. The summed E-state index contributed by atoms with van der Waals surface area (Å²) in [5.74, 6) is 0.366. The summed E-state index contributed by atoms with van der Waals surface area (Å²) >= 11 is 0. The van der Waals surface area contributed by atoms with E-state index in [1.807, 2.05) is 0 Å². The monoisotopic (exact) mass is 295 g/mol.